The maximum Gasteiger partial charge on any atom is 0.306 e. The number of hydrogen-bond acceptors (Lipinski definition) is 6. The van der Waals surface area contributed by atoms with E-state index in [4.69, 9.17) is 14.2 Å². The predicted octanol–water partition coefficient (Wildman–Crippen LogP) is 21.3. The molecule has 1 unspecified atom stereocenters. The SMILES string of the molecule is CCCC/C=C\C/C=C\CCCCCCCC(=O)OCC(COC(=O)CCCCCCCC/C=C\C/C=C\C/C=C\CCCCCCC)OC(=O)CCCCCCCC/C=C\C/C=C\C/C=C\CCCCCCC. The first kappa shape index (κ1) is 70.3. The summed E-state index contributed by atoms with van der Waals surface area (Å²) >= 11 is 0. The zero-order valence-corrected chi connectivity index (χ0v) is 48.6. The van der Waals surface area contributed by atoms with E-state index in [2.05, 4.69) is 118 Å². The molecule has 6 heteroatoms. The van der Waals surface area contributed by atoms with E-state index in [0.717, 1.165) is 128 Å². The molecule has 0 aromatic carbocycles. The van der Waals surface area contributed by atoms with Crippen LogP contribution in [0, 0.1) is 0 Å². The average molecular weight is 1030 g/mol. The fourth-order valence-electron chi connectivity index (χ4n) is 8.53. The Morgan fingerprint density at radius 3 is 0.797 bits per heavy atom. The first-order valence-corrected chi connectivity index (χ1v) is 31.2. The fourth-order valence-corrected chi connectivity index (χ4v) is 8.53. The summed E-state index contributed by atoms with van der Waals surface area (Å²) in [7, 11) is 0. The highest BCUT2D eigenvalue weighted by molar-refractivity contribution is 5.71. The normalized spacial score (nSPS) is 12.7. The smallest absolute Gasteiger partial charge is 0.306 e. The molecule has 0 N–H and O–H groups in total. The van der Waals surface area contributed by atoms with E-state index in [1.165, 1.54) is 128 Å². The highest BCUT2D eigenvalue weighted by Gasteiger charge is 2.19. The van der Waals surface area contributed by atoms with E-state index in [9.17, 15) is 14.4 Å². The maximum atomic E-state index is 12.9. The van der Waals surface area contributed by atoms with Crippen LogP contribution < -0.4 is 0 Å². The molecule has 0 aliphatic rings. The van der Waals surface area contributed by atoms with Crippen molar-refractivity contribution in [3.8, 4) is 0 Å². The zero-order valence-electron chi connectivity index (χ0n) is 48.6. The molecule has 0 amide bonds. The average Bonchev–Trinajstić information content (AvgIpc) is 3.40. The van der Waals surface area contributed by atoms with Gasteiger partial charge in [0.2, 0.25) is 0 Å². The first-order valence-electron chi connectivity index (χ1n) is 31.2. The molecule has 6 nitrogen and oxygen atoms in total. The lowest BCUT2D eigenvalue weighted by Gasteiger charge is -2.18. The van der Waals surface area contributed by atoms with E-state index in [-0.39, 0.29) is 31.1 Å². The van der Waals surface area contributed by atoms with E-state index in [1.54, 1.807) is 0 Å². The van der Waals surface area contributed by atoms with Crippen molar-refractivity contribution in [3.63, 3.8) is 0 Å². The predicted molar refractivity (Wildman–Crippen MR) is 320 cm³/mol. The van der Waals surface area contributed by atoms with Gasteiger partial charge in [0.15, 0.2) is 6.10 Å². The van der Waals surface area contributed by atoms with Crippen LogP contribution in [-0.4, -0.2) is 37.2 Å². The van der Waals surface area contributed by atoms with Gasteiger partial charge in [-0.1, -0.05) is 253 Å². The lowest BCUT2D eigenvalue weighted by molar-refractivity contribution is -0.167. The summed E-state index contributed by atoms with van der Waals surface area (Å²) in [5.41, 5.74) is 0. The van der Waals surface area contributed by atoms with Crippen molar-refractivity contribution in [3.05, 3.63) is 97.2 Å². The van der Waals surface area contributed by atoms with Gasteiger partial charge in [-0.15, -0.1) is 0 Å². The van der Waals surface area contributed by atoms with Crippen LogP contribution in [0.1, 0.15) is 297 Å². The van der Waals surface area contributed by atoms with E-state index < -0.39 is 6.10 Å². The Hall–Kier alpha value is -3.67. The number of carbonyl (C=O) groups excluding carboxylic acids is 3. The van der Waals surface area contributed by atoms with Gasteiger partial charge in [0.1, 0.15) is 13.2 Å². The molecule has 74 heavy (non-hydrogen) atoms. The summed E-state index contributed by atoms with van der Waals surface area (Å²) in [5, 5.41) is 0. The zero-order chi connectivity index (χ0) is 53.6. The van der Waals surface area contributed by atoms with Crippen molar-refractivity contribution < 1.29 is 28.6 Å². The van der Waals surface area contributed by atoms with Crippen molar-refractivity contribution in [1.29, 1.82) is 0 Å². The molecule has 424 valence electrons. The second kappa shape index (κ2) is 61.9. The molecule has 0 aliphatic heterocycles. The van der Waals surface area contributed by atoms with Crippen molar-refractivity contribution in [2.45, 2.75) is 303 Å². The summed E-state index contributed by atoms with van der Waals surface area (Å²) in [5.74, 6) is -0.926. The van der Waals surface area contributed by atoms with Gasteiger partial charge in [0.25, 0.3) is 0 Å². The molecular formula is C68H116O6. The number of unbranched alkanes of at least 4 members (excludes halogenated alkanes) is 29. The summed E-state index contributed by atoms with van der Waals surface area (Å²) in [4.78, 5) is 38.3. The van der Waals surface area contributed by atoms with Crippen LogP contribution in [0.2, 0.25) is 0 Å². The van der Waals surface area contributed by atoms with Gasteiger partial charge < -0.3 is 14.2 Å². The minimum absolute atomic E-state index is 0.0948. The third-order valence-electron chi connectivity index (χ3n) is 13.3. The number of esters is 3. The topological polar surface area (TPSA) is 78.9 Å². The molecule has 0 radical (unpaired) electrons. The maximum absolute atomic E-state index is 12.9. The largest absolute Gasteiger partial charge is 0.462 e. The molecule has 1 atom stereocenters. The van der Waals surface area contributed by atoms with E-state index in [0.29, 0.717) is 19.3 Å². The van der Waals surface area contributed by atoms with Gasteiger partial charge in [-0.3, -0.25) is 14.4 Å². The van der Waals surface area contributed by atoms with Gasteiger partial charge in [-0.2, -0.15) is 0 Å². The van der Waals surface area contributed by atoms with E-state index >= 15 is 0 Å². The Morgan fingerprint density at radius 1 is 0.270 bits per heavy atom. The minimum Gasteiger partial charge on any atom is -0.462 e. The third kappa shape index (κ3) is 59.2. The quantitative estimate of drug-likeness (QED) is 0.0261. The molecule has 0 fully saturated rings. The van der Waals surface area contributed by atoms with Crippen molar-refractivity contribution in [1.82, 2.24) is 0 Å². The number of hydrogen-bond donors (Lipinski definition) is 0. The van der Waals surface area contributed by atoms with Crippen LogP contribution in [0.4, 0.5) is 0 Å². The third-order valence-corrected chi connectivity index (χ3v) is 13.3. The van der Waals surface area contributed by atoms with Crippen LogP contribution in [0.5, 0.6) is 0 Å². The molecule has 0 bridgehead atoms. The number of ether oxygens (including phenoxy) is 3. The molecule has 0 rings (SSSR count). The Morgan fingerprint density at radius 2 is 0.500 bits per heavy atom. The molecule has 0 heterocycles. The van der Waals surface area contributed by atoms with Crippen LogP contribution in [0.15, 0.2) is 97.2 Å². The van der Waals surface area contributed by atoms with Crippen molar-refractivity contribution in [2.75, 3.05) is 13.2 Å². The van der Waals surface area contributed by atoms with Gasteiger partial charge in [-0.25, -0.2) is 0 Å². The summed E-state index contributed by atoms with van der Waals surface area (Å²) < 4.78 is 16.9. The fraction of sp³-hybridized carbons (Fsp3) is 0.721. The Balaban J connectivity index is 4.44. The van der Waals surface area contributed by atoms with Crippen LogP contribution >= 0.6 is 0 Å². The highest BCUT2D eigenvalue weighted by atomic mass is 16.6. The Bertz CT molecular complexity index is 1460. The van der Waals surface area contributed by atoms with Gasteiger partial charge in [0, 0.05) is 19.3 Å². The second-order valence-corrected chi connectivity index (χ2v) is 20.6. The molecule has 0 aliphatic carbocycles. The minimum atomic E-state index is -0.799. The Labute approximate surface area is 457 Å². The highest BCUT2D eigenvalue weighted by Crippen LogP contribution is 2.14. The molecule has 0 spiro atoms. The summed E-state index contributed by atoms with van der Waals surface area (Å²) in [6.07, 6.45) is 82.5. The van der Waals surface area contributed by atoms with Crippen LogP contribution in [0.25, 0.3) is 0 Å². The van der Waals surface area contributed by atoms with Gasteiger partial charge >= 0.3 is 17.9 Å². The summed E-state index contributed by atoms with van der Waals surface area (Å²) in [6.45, 7) is 6.56. The van der Waals surface area contributed by atoms with Gasteiger partial charge in [0.05, 0.1) is 0 Å². The lowest BCUT2D eigenvalue weighted by atomic mass is 10.1. The van der Waals surface area contributed by atoms with Crippen molar-refractivity contribution in [2.24, 2.45) is 0 Å². The number of allylic oxidation sites excluding steroid dienone is 16. The molecule has 0 aromatic rings. The standard InChI is InChI=1S/C68H116O6/c1-4-7-10-13-16-19-22-25-28-30-32-34-36-38-40-43-46-49-52-55-58-61-67(70)73-64-65(63-72-66(69)60-57-54-51-48-45-42-27-24-21-18-15-12-9-6-3)74-68(71)62-59-56-53-50-47-44-41-39-37-35-33-31-29-26-23-20-17-14-11-8-5-2/h15,18,22-27,30-33,36-39,65H,4-14,16-17,19-21,28-29,34-35,40-64H2,1-3H3/b18-15-,25-22-,26-23-,27-24-,32-30-,33-31-,38-36-,39-37-. The molecule has 0 aromatic heterocycles. The molecule has 0 saturated carbocycles. The van der Waals surface area contributed by atoms with Crippen LogP contribution in [-0.2, 0) is 28.6 Å². The number of carbonyl (C=O) groups is 3. The van der Waals surface area contributed by atoms with Gasteiger partial charge in [-0.05, 0) is 122 Å². The molecule has 0 saturated heterocycles. The lowest BCUT2D eigenvalue weighted by Crippen LogP contribution is -2.30. The van der Waals surface area contributed by atoms with E-state index in [1.807, 2.05) is 0 Å². The van der Waals surface area contributed by atoms with Crippen LogP contribution in [0.3, 0.4) is 0 Å². The van der Waals surface area contributed by atoms with Crippen molar-refractivity contribution >= 4 is 17.9 Å². The second-order valence-electron chi connectivity index (χ2n) is 20.6. The first-order chi connectivity index (χ1) is 36.5. The number of rotatable bonds is 56. The monoisotopic (exact) mass is 1030 g/mol. The Kier molecular flexibility index (Phi) is 58.8. The molecular weight excluding hydrogens is 913 g/mol. The summed E-state index contributed by atoms with van der Waals surface area (Å²) in [6, 6.07) is 0.